The van der Waals surface area contributed by atoms with Crippen molar-refractivity contribution in [2.24, 2.45) is 5.41 Å². The molecule has 6 rings (SSSR count). The van der Waals surface area contributed by atoms with Crippen LogP contribution in [0.4, 0.5) is 5.82 Å². The van der Waals surface area contributed by atoms with Crippen LogP contribution in [0.5, 0.6) is 0 Å². The van der Waals surface area contributed by atoms with Gasteiger partial charge in [0.1, 0.15) is 11.2 Å². The third-order valence-electron chi connectivity index (χ3n) is 6.67. The number of aromatic nitrogens is 4. The van der Waals surface area contributed by atoms with E-state index >= 15 is 0 Å². The molecule has 1 aliphatic heterocycles. The monoisotopic (exact) mass is 437 g/mol. The molecule has 0 radical (unpaired) electrons. The van der Waals surface area contributed by atoms with Crippen molar-refractivity contribution in [2.75, 3.05) is 18.0 Å². The van der Waals surface area contributed by atoms with Crippen molar-refractivity contribution in [3.05, 3.63) is 65.1 Å². The van der Waals surface area contributed by atoms with E-state index in [1.807, 2.05) is 12.4 Å². The molecule has 0 aromatic carbocycles. The Kier molecular flexibility index (Phi) is 4.79. The first-order valence-electron chi connectivity index (χ1n) is 10.3. The van der Waals surface area contributed by atoms with Crippen molar-refractivity contribution >= 4 is 35.1 Å². The molecule has 1 fully saturated rings. The Labute approximate surface area is 186 Å². The highest BCUT2D eigenvalue weighted by molar-refractivity contribution is 7.13. The summed E-state index contributed by atoms with van der Waals surface area (Å²) in [6, 6.07) is 10.7. The van der Waals surface area contributed by atoms with Gasteiger partial charge in [0.2, 0.25) is 0 Å². The van der Waals surface area contributed by atoms with Crippen LogP contribution in [-0.4, -0.2) is 32.7 Å². The van der Waals surface area contributed by atoms with E-state index in [0.29, 0.717) is 5.41 Å². The second kappa shape index (κ2) is 7.36. The van der Waals surface area contributed by atoms with Gasteiger partial charge in [0.25, 0.3) is 0 Å². The number of fused-ring (bicyclic) bond motifs is 2. The van der Waals surface area contributed by atoms with Crippen molar-refractivity contribution in [2.45, 2.75) is 32.6 Å². The second-order valence-corrected chi connectivity index (χ2v) is 9.37. The van der Waals surface area contributed by atoms with Crippen LogP contribution in [0.1, 0.15) is 29.8 Å². The lowest BCUT2D eigenvalue weighted by atomic mass is 9.76. The molecule has 4 aromatic rings. The summed E-state index contributed by atoms with van der Waals surface area (Å²) in [5.74, 6) is 1.07. The number of thiophene rings is 1. The highest BCUT2D eigenvalue weighted by Crippen LogP contribution is 2.45. The molecule has 154 valence electrons. The lowest BCUT2D eigenvalue weighted by Gasteiger charge is -2.40. The van der Waals surface area contributed by atoms with Crippen LogP contribution in [0.2, 0.25) is 0 Å². The minimum absolute atomic E-state index is 0. The van der Waals surface area contributed by atoms with E-state index in [9.17, 15) is 0 Å². The molecule has 30 heavy (non-hydrogen) atoms. The van der Waals surface area contributed by atoms with Gasteiger partial charge in [0.05, 0.1) is 16.8 Å². The number of hydrogen-bond acceptors (Lipinski definition) is 5. The van der Waals surface area contributed by atoms with E-state index < -0.39 is 0 Å². The van der Waals surface area contributed by atoms with E-state index in [0.717, 1.165) is 42.2 Å². The molecule has 0 bridgehead atoms. The molecule has 0 atom stereocenters. The first kappa shape index (κ1) is 19.5. The normalized spacial score (nSPS) is 17.3. The van der Waals surface area contributed by atoms with Gasteiger partial charge in [-0.2, -0.15) is 5.10 Å². The average Bonchev–Trinajstić information content (AvgIpc) is 3.47. The van der Waals surface area contributed by atoms with E-state index in [4.69, 9.17) is 4.98 Å². The summed E-state index contributed by atoms with van der Waals surface area (Å²) in [6.07, 6.45) is 8.51. The zero-order valence-electron chi connectivity index (χ0n) is 16.9. The van der Waals surface area contributed by atoms with Crippen molar-refractivity contribution in [1.82, 2.24) is 19.6 Å². The topological polar surface area (TPSA) is 46.3 Å². The van der Waals surface area contributed by atoms with Gasteiger partial charge in [-0.05, 0) is 67.2 Å². The Morgan fingerprint density at radius 1 is 1.03 bits per heavy atom. The zero-order chi connectivity index (χ0) is 19.4. The number of hydrogen-bond donors (Lipinski definition) is 0. The van der Waals surface area contributed by atoms with Crippen LogP contribution in [-0.2, 0) is 12.8 Å². The molecule has 4 aromatic heterocycles. The van der Waals surface area contributed by atoms with Gasteiger partial charge in [-0.25, -0.2) is 9.50 Å². The minimum Gasteiger partial charge on any atom is -0.355 e. The van der Waals surface area contributed by atoms with E-state index in [1.165, 1.54) is 35.4 Å². The summed E-state index contributed by atoms with van der Waals surface area (Å²) in [5.41, 5.74) is 6.40. The van der Waals surface area contributed by atoms with E-state index in [-0.39, 0.29) is 12.4 Å². The van der Waals surface area contributed by atoms with Crippen molar-refractivity contribution < 1.29 is 0 Å². The number of aryl methyl sites for hydroxylation is 1. The summed E-state index contributed by atoms with van der Waals surface area (Å²) in [5, 5.41) is 6.75. The fourth-order valence-corrected chi connectivity index (χ4v) is 5.97. The van der Waals surface area contributed by atoms with Gasteiger partial charge in [0.15, 0.2) is 5.82 Å². The summed E-state index contributed by atoms with van der Waals surface area (Å²) < 4.78 is 2.07. The maximum absolute atomic E-state index is 5.07. The standard InChI is InChI=1S/C23H23N5S.ClH/c1-16-21(20-5-3-13-29-20)28-19(6-10-25-28)22(26-16)27-11-7-23(8-12-27)14-17-4-2-9-24-18(17)15-23;/h2-6,9-10,13H,7-8,11-12,14-15H2,1H3;1H. The first-order valence-corrected chi connectivity index (χ1v) is 11.2. The Hall–Kier alpha value is -2.44. The van der Waals surface area contributed by atoms with Crippen molar-refractivity contribution in [1.29, 1.82) is 0 Å². The first-order chi connectivity index (χ1) is 14.2. The lowest BCUT2D eigenvalue weighted by molar-refractivity contribution is 0.231. The number of piperidine rings is 1. The summed E-state index contributed by atoms with van der Waals surface area (Å²) in [6.45, 7) is 4.18. The second-order valence-electron chi connectivity index (χ2n) is 8.42. The maximum Gasteiger partial charge on any atom is 0.155 e. The highest BCUT2D eigenvalue weighted by atomic mass is 35.5. The average molecular weight is 438 g/mol. The predicted molar refractivity (Wildman–Crippen MR) is 124 cm³/mol. The summed E-state index contributed by atoms with van der Waals surface area (Å²) >= 11 is 1.74. The molecule has 1 spiro atoms. The molecule has 0 N–H and O–H groups in total. The number of halogens is 1. The smallest absolute Gasteiger partial charge is 0.155 e. The van der Waals surface area contributed by atoms with Crippen molar-refractivity contribution in [3.63, 3.8) is 0 Å². The van der Waals surface area contributed by atoms with E-state index in [2.05, 4.69) is 62.1 Å². The molecule has 5 heterocycles. The summed E-state index contributed by atoms with van der Waals surface area (Å²) in [4.78, 5) is 13.4. The third kappa shape index (κ3) is 3.01. The van der Waals surface area contributed by atoms with E-state index in [1.54, 1.807) is 11.3 Å². The number of anilines is 1. The molecule has 2 aliphatic rings. The Morgan fingerprint density at radius 3 is 2.67 bits per heavy atom. The van der Waals surface area contributed by atoms with Crippen LogP contribution in [0.15, 0.2) is 48.1 Å². The SMILES string of the molecule is Cc1nc(N2CCC3(CC2)Cc2cccnc2C3)c2ccnn2c1-c1cccs1.Cl. The molecular formula is C23H24ClN5S. The molecule has 1 saturated heterocycles. The lowest BCUT2D eigenvalue weighted by Crippen LogP contribution is -2.41. The molecule has 1 aliphatic carbocycles. The quantitative estimate of drug-likeness (QED) is 0.444. The van der Waals surface area contributed by atoms with Crippen LogP contribution in [0, 0.1) is 12.3 Å². The largest absolute Gasteiger partial charge is 0.355 e. The van der Waals surface area contributed by atoms with Gasteiger partial charge in [-0.15, -0.1) is 23.7 Å². The Bertz CT molecular complexity index is 1160. The third-order valence-corrected chi connectivity index (χ3v) is 7.55. The van der Waals surface area contributed by atoms with Gasteiger partial charge in [-0.3, -0.25) is 4.98 Å². The molecule has 5 nitrogen and oxygen atoms in total. The molecule has 0 unspecified atom stereocenters. The molecule has 7 heteroatoms. The Morgan fingerprint density at radius 2 is 1.90 bits per heavy atom. The minimum atomic E-state index is 0. The fraction of sp³-hybridized carbons (Fsp3) is 0.348. The van der Waals surface area contributed by atoms with Gasteiger partial charge in [-0.1, -0.05) is 12.1 Å². The van der Waals surface area contributed by atoms with Crippen LogP contribution < -0.4 is 4.90 Å². The zero-order valence-corrected chi connectivity index (χ0v) is 18.5. The van der Waals surface area contributed by atoms with Gasteiger partial charge in [0, 0.05) is 25.0 Å². The molecule has 0 saturated carbocycles. The molecule has 0 amide bonds. The molecular weight excluding hydrogens is 414 g/mol. The number of pyridine rings is 1. The predicted octanol–water partition coefficient (Wildman–Crippen LogP) is 4.97. The fourth-order valence-electron chi connectivity index (χ4n) is 5.16. The van der Waals surface area contributed by atoms with Crippen molar-refractivity contribution in [3.8, 4) is 10.6 Å². The summed E-state index contributed by atoms with van der Waals surface area (Å²) in [7, 11) is 0. The van der Waals surface area contributed by atoms with Crippen LogP contribution in [0.25, 0.3) is 16.1 Å². The Balaban J connectivity index is 0.00000193. The maximum atomic E-state index is 5.07. The van der Waals surface area contributed by atoms with Gasteiger partial charge < -0.3 is 4.90 Å². The van der Waals surface area contributed by atoms with Gasteiger partial charge >= 0.3 is 0 Å². The van der Waals surface area contributed by atoms with Crippen LogP contribution in [0.3, 0.4) is 0 Å². The number of rotatable bonds is 2. The highest BCUT2D eigenvalue weighted by Gasteiger charge is 2.41. The number of nitrogens with zero attached hydrogens (tertiary/aromatic N) is 5. The van der Waals surface area contributed by atoms with Crippen LogP contribution >= 0.6 is 23.7 Å².